The summed E-state index contributed by atoms with van der Waals surface area (Å²) in [5.74, 6) is -1.00. The van der Waals surface area contributed by atoms with Gasteiger partial charge in [0.15, 0.2) is 0 Å². The van der Waals surface area contributed by atoms with Gasteiger partial charge in [-0.2, -0.15) is 0 Å². The number of hydrogen-bond acceptors (Lipinski definition) is 3. The Hall–Kier alpha value is -1.13. The highest BCUT2D eigenvalue weighted by molar-refractivity contribution is 6.31. The van der Waals surface area contributed by atoms with E-state index in [9.17, 15) is 9.18 Å². The fourth-order valence-corrected chi connectivity index (χ4v) is 1.45. The highest BCUT2D eigenvalue weighted by atomic mass is 35.5. The first-order chi connectivity index (χ1) is 7.06. The van der Waals surface area contributed by atoms with E-state index in [0.717, 1.165) is 0 Å². The fraction of sp³-hybridized carbons (Fsp3) is 0.300. The number of halogens is 2. The summed E-state index contributed by atoms with van der Waals surface area (Å²) in [4.78, 5) is 11.0. The second kappa shape index (κ2) is 5.09. The molecular formula is C10H11ClFNO2. The molecule has 1 rings (SSSR count). The highest BCUT2D eigenvalue weighted by Crippen LogP contribution is 2.26. The van der Waals surface area contributed by atoms with Crippen LogP contribution in [0.1, 0.15) is 18.0 Å². The Labute approximate surface area is 92.0 Å². The zero-order valence-corrected chi connectivity index (χ0v) is 8.92. The molecule has 0 saturated carbocycles. The van der Waals surface area contributed by atoms with Crippen molar-refractivity contribution in [3.63, 3.8) is 0 Å². The number of benzene rings is 1. The van der Waals surface area contributed by atoms with Gasteiger partial charge in [0.25, 0.3) is 0 Å². The number of carbonyl (C=O) groups excluding carboxylic acids is 1. The van der Waals surface area contributed by atoms with Crippen LogP contribution in [-0.4, -0.2) is 13.1 Å². The van der Waals surface area contributed by atoms with Crippen LogP contribution in [0.3, 0.4) is 0 Å². The molecule has 0 aliphatic heterocycles. The van der Waals surface area contributed by atoms with Gasteiger partial charge >= 0.3 is 5.97 Å². The quantitative estimate of drug-likeness (QED) is 0.810. The molecule has 0 fully saturated rings. The summed E-state index contributed by atoms with van der Waals surface area (Å²) < 4.78 is 17.5. The lowest BCUT2D eigenvalue weighted by atomic mass is 10.0. The van der Waals surface area contributed by atoms with Gasteiger partial charge in [-0.1, -0.05) is 23.7 Å². The molecule has 0 heterocycles. The van der Waals surface area contributed by atoms with Crippen LogP contribution in [0.25, 0.3) is 0 Å². The van der Waals surface area contributed by atoms with Crippen LogP contribution in [0.5, 0.6) is 0 Å². The smallest absolute Gasteiger partial charge is 0.307 e. The lowest BCUT2D eigenvalue weighted by Gasteiger charge is -2.12. The average Bonchev–Trinajstić information content (AvgIpc) is 2.21. The summed E-state index contributed by atoms with van der Waals surface area (Å²) in [6.45, 7) is 0. The molecule has 0 bridgehead atoms. The van der Waals surface area contributed by atoms with E-state index in [2.05, 4.69) is 4.74 Å². The Balaban J connectivity index is 2.86. The van der Waals surface area contributed by atoms with Crippen molar-refractivity contribution in [3.05, 3.63) is 34.6 Å². The lowest BCUT2D eigenvalue weighted by molar-refractivity contribution is -0.141. The van der Waals surface area contributed by atoms with Crippen LogP contribution < -0.4 is 5.73 Å². The monoisotopic (exact) mass is 231 g/mol. The Morgan fingerprint density at radius 3 is 2.93 bits per heavy atom. The molecule has 0 unspecified atom stereocenters. The van der Waals surface area contributed by atoms with Gasteiger partial charge in [-0.25, -0.2) is 4.39 Å². The van der Waals surface area contributed by atoms with Crippen LogP contribution in [-0.2, 0) is 9.53 Å². The van der Waals surface area contributed by atoms with Crippen molar-refractivity contribution in [2.24, 2.45) is 5.73 Å². The molecule has 0 aliphatic carbocycles. The van der Waals surface area contributed by atoms with E-state index in [0.29, 0.717) is 5.56 Å². The van der Waals surface area contributed by atoms with E-state index in [-0.39, 0.29) is 11.4 Å². The summed E-state index contributed by atoms with van der Waals surface area (Å²) in [5.41, 5.74) is 6.09. The summed E-state index contributed by atoms with van der Waals surface area (Å²) in [6, 6.07) is 3.66. The summed E-state index contributed by atoms with van der Waals surface area (Å²) in [6.07, 6.45) is -0.0281. The van der Waals surface area contributed by atoms with Crippen LogP contribution in [0, 0.1) is 5.82 Å². The second-order valence-corrected chi connectivity index (χ2v) is 3.41. The standard InChI is InChI=1S/C10H11ClFNO2/c1-15-9(14)5-8(13)6-3-2-4-7(12)10(6)11/h2-4,8H,5,13H2,1H3/t8-/m1/s1. The van der Waals surface area contributed by atoms with Crippen molar-refractivity contribution < 1.29 is 13.9 Å². The average molecular weight is 232 g/mol. The maximum Gasteiger partial charge on any atom is 0.307 e. The normalized spacial score (nSPS) is 12.3. The van der Waals surface area contributed by atoms with Crippen molar-refractivity contribution in [1.29, 1.82) is 0 Å². The first kappa shape index (κ1) is 11.9. The van der Waals surface area contributed by atoms with Crippen molar-refractivity contribution in [1.82, 2.24) is 0 Å². The van der Waals surface area contributed by atoms with Crippen LogP contribution in [0.2, 0.25) is 5.02 Å². The molecule has 0 aromatic heterocycles. The minimum Gasteiger partial charge on any atom is -0.469 e. The molecule has 0 spiro atoms. The number of carbonyl (C=O) groups is 1. The first-order valence-corrected chi connectivity index (χ1v) is 4.70. The molecular weight excluding hydrogens is 221 g/mol. The number of nitrogens with two attached hydrogens (primary N) is 1. The SMILES string of the molecule is COC(=O)C[C@@H](N)c1cccc(F)c1Cl. The van der Waals surface area contributed by atoms with Gasteiger partial charge in [-0.05, 0) is 11.6 Å². The van der Waals surface area contributed by atoms with Gasteiger partial charge in [0, 0.05) is 6.04 Å². The summed E-state index contributed by atoms with van der Waals surface area (Å²) in [7, 11) is 1.27. The van der Waals surface area contributed by atoms with E-state index in [4.69, 9.17) is 17.3 Å². The lowest BCUT2D eigenvalue weighted by Crippen LogP contribution is -2.17. The number of esters is 1. The maximum absolute atomic E-state index is 13.1. The van der Waals surface area contributed by atoms with Crippen molar-refractivity contribution >= 4 is 17.6 Å². The Morgan fingerprint density at radius 1 is 1.67 bits per heavy atom. The van der Waals surface area contributed by atoms with Gasteiger partial charge in [0.1, 0.15) is 5.82 Å². The van der Waals surface area contributed by atoms with Gasteiger partial charge in [-0.15, -0.1) is 0 Å². The molecule has 0 saturated heterocycles. The number of ether oxygens (including phenoxy) is 1. The molecule has 3 nitrogen and oxygen atoms in total. The molecule has 0 amide bonds. The minimum absolute atomic E-state index is 0.0281. The summed E-state index contributed by atoms with van der Waals surface area (Å²) >= 11 is 5.71. The van der Waals surface area contributed by atoms with Gasteiger partial charge < -0.3 is 10.5 Å². The molecule has 82 valence electrons. The topological polar surface area (TPSA) is 52.3 Å². The van der Waals surface area contributed by atoms with Crippen LogP contribution >= 0.6 is 11.6 Å². The molecule has 0 aliphatic rings. The maximum atomic E-state index is 13.1. The Morgan fingerprint density at radius 2 is 2.33 bits per heavy atom. The minimum atomic E-state index is -0.652. The molecule has 1 atom stereocenters. The van der Waals surface area contributed by atoms with E-state index in [1.54, 1.807) is 6.07 Å². The highest BCUT2D eigenvalue weighted by Gasteiger charge is 2.16. The van der Waals surface area contributed by atoms with E-state index in [1.165, 1.54) is 19.2 Å². The number of hydrogen-bond donors (Lipinski definition) is 1. The van der Waals surface area contributed by atoms with Gasteiger partial charge in [-0.3, -0.25) is 4.79 Å². The van der Waals surface area contributed by atoms with E-state index in [1.807, 2.05) is 0 Å². The first-order valence-electron chi connectivity index (χ1n) is 4.32. The van der Waals surface area contributed by atoms with Crippen LogP contribution in [0.15, 0.2) is 18.2 Å². The van der Waals surface area contributed by atoms with Gasteiger partial charge in [0.05, 0.1) is 18.6 Å². The molecule has 5 heteroatoms. The third-order valence-electron chi connectivity index (χ3n) is 2.00. The molecule has 1 aromatic carbocycles. The third-order valence-corrected chi connectivity index (χ3v) is 2.39. The predicted octanol–water partition coefficient (Wildman–Crippen LogP) is 2.04. The Kier molecular flexibility index (Phi) is 4.05. The van der Waals surface area contributed by atoms with Crippen LogP contribution in [0.4, 0.5) is 4.39 Å². The fourth-order valence-electron chi connectivity index (χ4n) is 1.18. The van der Waals surface area contributed by atoms with Crippen molar-refractivity contribution in [2.45, 2.75) is 12.5 Å². The molecule has 2 N–H and O–H groups in total. The zero-order chi connectivity index (χ0) is 11.4. The van der Waals surface area contributed by atoms with Crippen molar-refractivity contribution in [3.8, 4) is 0 Å². The number of methoxy groups -OCH3 is 1. The molecule has 1 aromatic rings. The molecule has 0 radical (unpaired) electrons. The predicted molar refractivity (Wildman–Crippen MR) is 55.0 cm³/mol. The second-order valence-electron chi connectivity index (χ2n) is 3.03. The largest absolute Gasteiger partial charge is 0.469 e. The van der Waals surface area contributed by atoms with E-state index >= 15 is 0 Å². The molecule has 15 heavy (non-hydrogen) atoms. The number of rotatable bonds is 3. The van der Waals surface area contributed by atoms with Crippen molar-refractivity contribution in [2.75, 3.05) is 7.11 Å². The van der Waals surface area contributed by atoms with E-state index < -0.39 is 17.8 Å². The third kappa shape index (κ3) is 2.91. The van der Waals surface area contributed by atoms with Gasteiger partial charge in [0.2, 0.25) is 0 Å². The Bertz CT molecular complexity index is 370. The summed E-state index contributed by atoms with van der Waals surface area (Å²) in [5, 5.41) is -0.0473. The zero-order valence-electron chi connectivity index (χ0n) is 8.17.